The molecule has 0 spiro atoms. The van der Waals surface area contributed by atoms with E-state index in [1.807, 2.05) is 47.9 Å². The first-order valence-electron chi connectivity index (χ1n) is 14.4. The van der Waals surface area contributed by atoms with E-state index >= 15 is 0 Å². The summed E-state index contributed by atoms with van der Waals surface area (Å²) in [6.07, 6.45) is -0.590. The van der Waals surface area contributed by atoms with Crippen LogP contribution in [0.15, 0.2) is 79.1 Å². The molecule has 3 heterocycles. The summed E-state index contributed by atoms with van der Waals surface area (Å²) in [5.74, 6) is 1.04. The monoisotopic (exact) mass is 600 g/mol. The van der Waals surface area contributed by atoms with Gasteiger partial charge in [-0.15, -0.1) is 0 Å². The number of alkyl halides is 3. The lowest BCUT2D eigenvalue weighted by Crippen LogP contribution is -2.26. The second-order valence-corrected chi connectivity index (χ2v) is 10.7. The predicted molar refractivity (Wildman–Crippen MR) is 165 cm³/mol. The van der Waals surface area contributed by atoms with E-state index in [0.29, 0.717) is 29.0 Å². The van der Waals surface area contributed by atoms with Crippen molar-refractivity contribution in [2.24, 2.45) is 0 Å². The van der Waals surface area contributed by atoms with Gasteiger partial charge in [-0.05, 0) is 80.9 Å². The zero-order valence-corrected chi connectivity index (χ0v) is 24.0. The number of para-hydroxylation sites is 2. The van der Waals surface area contributed by atoms with Crippen molar-refractivity contribution in [3.05, 3.63) is 95.8 Å². The second-order valence-electron chi connectivity index (χ2n) is 10.7. The first kappa shape index (κ1) is 29.1. The Balaban J connectivity index is 1.30. The molecule has 1 saturated heterocycles. The number of amides is 1. The maximum Gasteiger partial charge on any atom is 0.416 e. The smallest absolute Gasteiger partial charge is 0.369 e. The molecular weight excluding hydrogens is 569 g/mol. The minimum absolute atomic E-state index is 0.107. The quantitative estimate of drug-likeness (QED) is 0.174. The molecule has 0 aliphatic carbocycles. The highest BCUT2D eigenvalue weighted by Crippen LogP contribution is 2.32. The molecular formula is C32H31F3N8O. The number of fused-ring (bicyclic) bond motifs is 1. The highest BCUT2D eigenvalue weighted by molar-refractivity contribution is 6.06. The van der Waals surface area contributed by atoms with Crippen molar-refractivity contribution in [1.82, 2.24) is 24.4 Å². The van der Waals surface area contributed by atoms with Crippen LogP contribution in [0.2, 0.25) is 0 Å². The van der Waals surface area contributed by atoms with E-state index in [9.17, 15) is 18.0 Å². The Kier molecular flexibility index (Phi) is 8.16. The lowest BCUT2D eigenvalue weighted by atomic mass is 10.1. The van der Waals surface area contributed by atoms with Gasteiger partial charge >= 0.3 is 6.18 Å². The van der Waals surface area contributed by atoms with Gasteiger partial charge in [-0.3, -0.25) is 9.36 Å². The summed E-state index contributed by atoms with van der Waals surface area (Å²) >= 11 is 0. The highest BCUT2D eigenvalue weighted by Gasteiger charge is 2.31. The van der Waals surface area contributed by atoms with Crippen molar-refractivity contribution < 1.29 is 18.0 Å². The molecule has 3 N–H and O–H groups in total. The van der Waals surface area contributed by atoms with Crippen LogP contribution < -0.4 is 16.0 Å². The number of halogens is 3. The van der Waals surface area contributed by atoms with E-state index in [1.165, 1.54) is 31.3 Å². The van der Waals surface area contributed by atoms with Gasteiger partial charge in [0.1, 0.15) is 18.0 Å². The molecule has 1 aliphatic heterocycles. The third-order valence-corrected chi connectivity index (χ3v) is 7.50. The molecule has 44 heavy (non-hydrogen) atoms. The van der Waals surface area contributed by atoms with Crippen LogP contribution in [0, 0.1) is 6.92 Å². The third-order valence-electron chi connectivity index (χ3n) is 7.50. The van der Waals surface area contributed by atoms with Crippen LogP contribution in [0.4, 0.5) is 36.3 Å². The van der Waals surface area contributed by atoms with E-state index in [4.69, 9.17) is 4.98 Å². The van der Waals surface area contributed by atoms with Gasteiger partial charge in [0.05, 0.1) is 28.0 Å². The van der Waals surface area contributed by atoms with Crippen molar-refractivity contribution in [2.45, 2.75) is 25.9 Å². The molecule has 5 aromatic rings. The van der Waals surface area contributed by atoms with Gasteiger partial charge in [-0.25, -0.2) is 15.0 Å². The SMILES string of the molecule is Cc1ccc(NC(=O)c2cccc(C(F)(F)F)c2)c(Nc2nc3ccccc3n2-c2cc(NCCN3CCCC3)ncn2)c1. The molecule has 1 amide bonds. The van der Waals surface area contributed by atoms with Crippen LogP contribution in [-0.2, 0) is 6.18 Å². The van der Waals surface area contributed by atoms with Gasteiger partial charge in [-0.1, -0.05) is 24.3 Å². The maximum absolute atomic E-state index is 13.3. The fourth-order valence-corrected chi connectivity index (χ4v) is 5.28. The lowest BCUT2D eigenvalue weighted by molar-refractivity contribution is -0.137. The summed E-state index contributed by atoms with van der Waals surface area (Å²) in [6.45, 7) is 5.83. The molecule has 226 valence electrons. The normalized spacial score (nSPS) is 13.7. The van der Waals surface area contributed by atoms with Crippen LogP contribution in [0.3, 0.4) is 0 Å². The Labute approximate surface area is 252 Å². The molecule has 6 rings (SSSR count). The zero-order valence-electron chi connectivity index (χ0n) is 24.0. The topological polar surface area (TPSA) is 100 Å². The number of carbonyl (C=O) groups excluding carboxylic acids is 1. The molecule has 12 heteroatoms. The number of hydrogen-bond acceptors (Lipinski definition) is 7. The van der Waals surface area contributed by atoms with Crippen molar-refractivity contribution in [3.63, 3.8) is 0 Å². The summed E-state index contributed by atoms with van der Waals surface area (Å²) in [7, 11) is 0. The summed E-state index contributed by atoms with van der Waals surface area (Å²) in [5, 5.41) is 9.48. The van der Waals surface area contributed by atoms with E-state index in [2.05, 4.69) is 30.8 Å². The number of imidazole rings is 1. The minimum atomic E-state index is -4.56. The zero-order chi connectivity index (χ0) is 30.7. The van der Waals surface area contributed by atoms with Gasteiger partial charge in [0.25, 0.3) is 5.91 Å². The molecule has 0 atom stereocenters. The van der Waals surface area contributed by atoms with Crippen molar-refractivity contribution in [1.29, 1.82) is 0 Å². The molecule has 0 unspecified atom stereocenters. The number of hydrogen-bond donors (Lipinski definition) is 3. The van der Waals surface area contributed by atoms with Gasteiger partial charge in [0.2, 0.25) is 5.95 Å². The standard InChI is InChI=1S/C32H31F3N8O/c1-21-11-12-24(39-30(44)22-7-6-8-23(18-22)32(33,34)35)26(17-21)41-31-40-25-9-2-3-10-27(25)43(31)29-19-28(37-20-38-29)36-13-16-42-14-4-5-15-42/h2-3,6-12,17-20H,4-5,13-16H2,1H3,(H,39,44)(H,40,41)(H,36,37,38). The molecule has 0 radical (unpaired) electrons. The Morgan fingerprint density at radius 3 is 2.57 bits per heavy atom. The molecule has 1 aliphatic rings. The van der Waals surface area contributed by atoms with Gasteiger partial charge in [0, 0.05) is 24.7 Å². The number of anilines is 4. The Bertz CT molecular complexity index is 1800. The Morgan fingerprint density at radius 1 is 0.932 bits per heavy atom. The van der Waals surface area contributed by atoms with Crippen molar-refractivity contribution in [3.8, 4) is 5.82 Å². The average Bonchev–Trinajstić information content (AvgIpc) is 3.66. The summed E-state index contributed by atoms with van der Waals surface area (Å²) < 4.78 is 41.6. The first-order chi connectivity index (χ1) is 21.2. The van der Waals surface area contributed by atoms with Crippen molar-refractivity contribution in [2.75, 3.05) is 42.1 Å². The van der Waals surface area contributed by atoms with Crippen LogP contribution >= 0.6 is 0 Å². The van der Waals surface area contributed by atoms with Crippen LogP contribution in [0.5, 0.6) is 0 Å². The van der Waals surface area contributed by atoms with E-state index < -0.39 is 17.6 Å². The summed E-state index contributed by atoms with van der Waals surface area (Å²) in [5.41, 5.74) is 2.32. The molecule has 3 aromatic carbocycles. The molecule has 1 fully saturated rings. The number of aryl methyl sites for hydroxylation is 1. The van der Waals surface area contributed by atoms with Crippen LogP contribution in [-0.4, -0.2) is 56.5 Å². The van der Waals surface area contributed by atoms with Gasteiger partial charge in [-0.2, -0.15) is 13.2 Å². The predicted octanol–water partition coefficient (Wildman–Crippen LogP) is 6.65. The number of nitrogens with one attached hydrogen (secondary N) is 3. The second kappa shape index (κ2) is 12.3. The Morgan fingerprint density at radius 2 is 1.75 bits per heavy atom. The van der Waals surface area contributed by atoms with Crippen LogP contribution in [0.1, 0.15) is 34.3 Å². The fraction of sp³-hybridized carbons (Fsp3) is 0.250. The average molecular weight is 601 g/mol. The number of carbonyl (C=O) groups is 1. The number of nitrogens with zero attached hydrogens (tertiary/aromatic N) is 5. The van der Waals surface area contributed by atoms with Crippen molar-refractivity contribution >= 4 is 40.1 Å². The van der Waals surface area contributed by atoms with E-state index in [-0.39, 0.29) is 5.56 Å². The number of benzene rings is 3. The molecule has 9 nitrogen and oxygen atoms in total. The lowest BCUT2D eigenvalue weighted by Gasteiger charge is -2.16. The van der Waals surface area contributed by atoms with E-state index in [0.717, 1.165) is 54.9 Å². The fourth-order valence-electron chi connectivity index (χ4n) is 5.28. The van der Waals surface area contributed by atoms with E-state index in [1.54, 1.807) is 12.1 Å². The summed E-state index contributed by atoms with van der Waals surface area (Å²) in [6, 6.07) is 19.1. The third kappa shape index (κ3) is 6.50. The van der Waals surface area contributed by atoms with Gasteiger partial charge < -0.3 is 20.9 Å². The number of aromatic nitrogens is 4. The minimum Gasteiger partial charge on any atom is -0.369 e. The molecule has 0 saturated carbocycles. The number of likely N-dealkylation sites (tertiary alicyclic amines) is 1. The largest absolute Gasteiger partial charge is 0.416 e. The summed E-state index contributed by atoms with van der Waals surface area (Å²) in [4.78, 5) is 29.2. The molecule has 2 aromatic heterocycles. The first-order valence-corrected chi connectivity index (χ1v) is 14.4. The highest BCUT2D eigenvalue weighted by atomic mass is 19.4. The Hall–Kier alpha value is -4.97. The van der Waals surface area contributed by atoms with Gasteiger partial charge in [0.15, 0.2) is 0 Å². The van der Waals surface area contributed by atoms with Crippen LogP contribution in [0.25, 0.3) is 16.9 Å². The molecule has 0 bridgehead atoms. The number of rotatable bonds is 9. The maximum atomic E-state index is 13.3.